The smallest absolute Gasteiger partial charge is 0.0904 e. The van der Waals surface area contributed by atoms with Crippen LogP contribution in [0.25, 0.3) is 0 Å². The molecule has 0 bridgehead atoms. The standard InChI is InChI=1S/C24H35N3/c1-7-8-9-22(25-27-16-14-26(6)15-17-27)19-10-11-20-21(18-19)24(4,5)13-12-23(20,2)3/h7-11,18H,1,12-17H2,2-6H3/b9-8-,25-22+. The van der Waals surface area contributed by atoms with E-state index in [-0.39, 0.29) is 10.8 Å². The second-order valence-electron chi connectivity index (χ2n) is 9.37. The number of allylic oxidation sites excluding steroid dienone is 3. The fourth-order valence-electron chi connectivity index (χ4n) is 4.14. The van der Waals surface area contributed by atoms with E-state index < -0.39 is 0 Å². The van der Waals surface area contributed by atoms with E-state index in [2.05, 4.69) is 75.5 Å². The van der Waals surface area contributed by atoms with Crippen LogP contribution in [0.3, 0.4) is 0 Å². The number of nitrogens with zero attached hydrogens (tertiary/aromatic N) is 3. The first kappa shape index (κ1) is 19.9. The Morgan fingerprint density at radius 1 is 1.00 bits per heavy atom. The molecule has 1 fully saturated rings. The Hall–Kier alpha value is -1.87. The summed E-state index contributed by atoms with van der Waals surface area (Å²) < 4.78 is 0. The molecular formula is C24H35N3. The molecule has 0 unspecified atom stereocenters. The predicted octanol–water partition coefficient (Wildman–Crippen LogP) is 4.73. The maximum atomic E-state index is 5.00. The van der Waals surface area contributed by atoms with Gasteiger partial charge in [0.1, 0.15) is 0 Å². The lowest BCUT2D eigenvalue weighted by Crippen LogP contribution is -2.42. The molecule has 0 amide bonds. The first-order valence-electron chi connectivity index (χ1n) is 10.2. The van der Waals surface area contributed by atoms with Gasteiger partial charge in [0, 0.05) is 31.7 Å². The van der Waals surface area contributed by atoms with Crippen molar-refractivity contribution in [2.24, 2.45) is 5.10 Å². The van der Waals surface area contributed by atoms with E-state index in [1.807, 2.05) is 12.2 Å². The molecule has 1 saturated heterocycles. The number of likely N-dealkylation sites (N-methyl/N-ethyl adjacent to an activating group) is 1. The van der Waals surface area contributed by atoms with Gasteiger partial charge < -0.3 is 4.90 Å². The van der Waals surface area contributed by atoms with Crippen LogP contribution in [0, 0.1) is 0 Å². The molecule has 0 N–H and O–H groups in total. The average Bonchev–Trinajstić information content (AvgIpc) is 2.64. The van der Waals surface area contributed by atoms with E-state index in [0.717, 1.165) is 31.9 Å². The van der Waals surface area contributed by atoms with Crippen LogP contribution in [0.15, 0.2) is 48.1 Å². The second-order valence-corrected chi connectivity index (χ2v) is 9.37. The van der Waals surface area contributed by atoms with Gasteiger partial charge in [0.2, 0.25) is 0 Å². The minimum atomic E-state index is 0.210. The Balaban J connectivity index is 2.00. The Morgan fingerprint density at radius 3 is 2.26 bits per heavy atom. The largest absolute Gasteiger partial charge is 0.303 e. The summed E-state index contributed by atoms with van der Waals surface area (Å²) in [7, 11) is 2.17. The molecule has 0 radical (unpaired) electrons. The third kappa shape index (κ3) is 4.35. The highest BCUT2D eigenvalue weighted by atomic mass is 15.5. The summed E-state index contributed by atoms with van der Waals surface area (Å²) in [5.41, 5.74) is 5.67. The molecule has 3 heteroatoms. The maximum Gasteiger partial charge on any atom is 0.0904 e. The number of piperazine rings is 1. The Bertz CT molecular complexity index is 747. The highest BCUT2D eigenvalue weighted by Crippen LogP contribution is 2.45. The van der Waals surface area contributed by atoms with Gasteiger partial charge >= 0.3 is 0 Å². The number of rotatable bonds is 4. The molecular weight excluding hydrogens is 330 g/mol. The maximum absolute atomic E-state index is 5.00. The molecule has 146 valence electrons. The Kier molecular flexibility index (Phi) is 5.62. The molecule has 1 aliphatic heterocycles. The van der Waals surface area contributed by atoms with Gasteiger partial charge in [-0.2, -0.15) is 5.10 Å². The summed E-state index contributed by atoms with van der Waals surface area (Å²) in [5, 5.41) is 7.21. The van der Waals surface area contributed by atoms with E-state index >= 15 is 0 Å². The van der Waals surface area contributed by atoms with Crippen molar-refractivity contribution in [2.75, 3.05) is 33.2 Å². The van der Waals surface area contributed by atoms with Crippen LogP contribution in [0.1, 0.15) is 57.2 Å². The molecule has 27 heavy (non-hydrogen) atoms. The third-order valence-corrected chi connectivity index (χ3v) is 6.27. The summed E-state index contributed by atoms with van der Waals surface area (Å²) in [6, 6.07) is 6.98. The van der Waals surface area contributed by atoms with Gasteiger partial charge in [-0.25, -0.2) is 0 Å². The fourth-order valence-corrected chi connectivity index (χ4v) is 4.14. The van der Waals surface area contributed by atoms with Crippen molar-refractivity contribution in [3.8, 4) is 0 Å². The van der Waals surface area contributed by atoms with Crippen molar-refractivity contribution in [3.05, 3.63) is 59.7 Å². The lowest BCUT2D eigenvalue weighted by Gasteiger charge is -2.42. The molecule has 1 heterocycles. The SMILES string of the molecule is C=C/C=C\C(=N/N1CCN(C)CC1)c1ccc2c(c1)C(C)(C)CCC2(C)C. The van der Waals surface area contributed by atoms with Crippen molar-refractivity contribution in [3.63, 3.8) is 0 Å². The van der Waals surface area contributed by atoms with Crippen molar-refractivity contribution >= 4 is 5.71 Å². The third-order valence-electron chi connectivity index (χ3n) is 6.27. The first-order chi connectivity index (χ1) is 12.7. The molecule has 3 nitrogen and oxygen atoms in total. The molecule has 0 saturated carbocycles. The molecule has 0 spiro atoms. The van der Waals surface area contributed by atoms with Crippen LogP contribution >= 0.6 is 0 Å². The molecule has 0 aromatic heterocycles. The van der Waals surface area contributed by atoms with Crippen molar-refractivity contribution in [1.29, 1.82) is 0 Å². The zero-order valence-corrected chi connectivity index (χ0v) is 17.8. The summed E-state index contributed by atoms with van der Waals surface area (Å²) in [5.74, 6) is 0. The van der Waals surface area contributed by atoms with Gasteiger partial charge in [-0.1, -0.05) is 58.6 Å². The van der Waals surface area contributed by atoms with Gasteiger partial charge in [-0.05, 0) is 54.0 Å². The quantitative estimate of drug-likeness (QED) is 0.567. The zero-order chi connectivity index (χ0) is 19.7. The van der Waals surface area contributed by atoms with Crippen molar-refractivity contribution < 1.29 is 0 Å². The second kappa shape index (κ2) is 7.63. The minimum Gasteiger partial charge on any atom is -0.303 e. The van der Waals surface area contributed by atoms with Gasteiger partial charge in [-0.3, -0.25) is 5.01 Å². The summed E-state index contributed by atoms with van der Waals surface area (Å²) in [4.78, 5) is 2.36. The van der Waals surface area contributed by atoms with Gasteiger partial charge in [0.15, 0.2) is 0 Å². The Morgan fingerprint density at radius 2 is 1.63 bits per heavy atom. The van der Waals surface area contributed by atoms with Crippen molar-refractivity contribution in [2.45, 2.75) is 51.4 Å². The summed E-state index contributed by atoms with van der Waals surface area (Å²) in [6.45, 7) is 17.4. The first-order valence-corrected chi connectivity index (χ1v) is 10.2. The predicted molar refractivity (Wildman–Crippen MR) is 117 cm³/mol. The fraction of sp³-hybridized carbons (Fsp3) is 0.542. The van der Waals surface area contributed by atoms with Crippen LogP contribution in [-0.2, 0) is 10.8 Å². The van der Waals surface area contributed by atoms with Crippen LogP contribution in [0.2, 0.25) is 0 Å². The molecule has 1 aromatic rings. The van der Waals surface area contributed by atoms with Gasteiger partial charge in [0.25, 0.3) is 0 Å². The number of hydrogen-bond donors (Lipinski definition) is 0. The zero-order valence-electron chi connectivity index (χ0n) is 17.8. The topological polar surface area (TPSA) is 18.8 Å². The van der Waals surface area contributed by atoms with Crippen LogP contribution in [0.5, 0.6) is 0 Å². The van der Waals surface area contributed by atoms with Gasteiger partial charge in [-0.15, -0.1) is 0 Å². The highest BCUT2D eigenvalue weighted by Gasteiger charge is 2.37. The summed E-state index contributed by atoms with van der Waals surface area (Å²) in [6.07, 6.45) is 8.37. The number of fused-ring (bicyclic) bond motifs is 1. The molecule has 3 rings (SSSR count). The van der Waals surface area contributed by atoms with E-state index in [1.54, 1.807) is 0 Å². The van der Waals surface area contributed by atoms with Crippen LogP contribution in [0.4, 0.5) is 0 Å². The number of hydrogen-bond acceptors (Lipinski definition) is 3. The average molecular weight is 366 g/mol. The normalized spacial score (nSPS) is 22.7. The Labute approximate surface area is 165 Å². The number of benzene rings is 1. The van der Waals surface area contributed by atoms with E-state index in [9.17, 15) is 0 Å². The molecule has 0 atom stereocenters. The monoisotopic (exact) mass is 365 g/mol. The molecule has 1 aliphatic carbocycles. The number of hydrazone groups is 1. The lowest BCUT2D eigenvalue weighted by atomic mass is 9.63. The van der Waals surface area contributed by atoms with Gasteiger partial charge in [0.05, 0.1) is 5.71 Å². The van der Waals surface area contributed by atoms with Crippen molar-refractivity contribution in [1.82, 2.24) is 9.91 Å². The van der Waals surface area contributed by atoms with E-state index in [1.165, 1.54) is 29.5 Å². The molecule has 2 aliphatic rings. The summed E-state index contributed by atoms with van der Waals surface area (Å²) >= 11 is 0. The highest BCUT2D eigenvalue weighted by molar-refractivity contribution is 6.08. The van der Waals surface area contributed by atoms with E-state index in [0.29, 0.717) is 0 Å². The van der Waals surface area contributed by atoms with Crippen LogP contribution in [-0.4, -0.2) is 48.8 Å². The molecule has 1 aromatic carbocycles. The van der Waals surface area contributed by atoms with E-state index in [4.69, 9.17) is 5.10 Å². The lowest BCUT2D eigenvalue weighted by molar-refractivity contribution is 0.159. The minimum absolute atomic E-state index is 0.210. The van der Waals surface area contributed by atoms with Crippen LogP contribution < -0.4 is 0 Å².